The Balaban J connectivity index is 0.000000162. The first-order valence-electron chi connectivity index (χ1n) is 31.8. The molecule has 4 heterocycles. The van der Waals surface area contributed by atoms with Gasteiger partial charge in [0.05, 0.1) is 47.5 Å². The summed E-state index contributed by atoms with van der Waals surface area (Å²) in [7, 11) is -6.30. The molecule has 0 unspecified atom stereocenters. The van der Waals surface area contributed by atoms with Crippen LogP contribution < -0.4 is 14.8 Å². The molecule has 0 bridgehead atoms. The third kappa shape index (κ3) is 10.5. The van der Waals surface area contributed by atoms with Gasteiger partial charge in [-0.05, 0) is 231 Å². The van der Waals surface area contributed by atoms with Gasteiger partial charge in [-0.15, -0.1) is 5.06 Å². The van der Waals surface area contributed by atoms with Gasteiger partial charge in [0, 0.05) is 36.5 Å². The second kappa shape index (κ2) is 21.1. The van der Waals surface area contributed by atoms with Gasteiger partial charge in [-0.25, -0.2) is 31.1 Å². The van der Waals surface area contributed by atoms with Gasteiger partial charge in [-0.3, -0.25) is 0 Å². The van der Waals surface area contributed by atoms with Crippen LogP contribution in [0.1, 0.15) is 194 Å². The maximum Gasteiger partial charge on any atom is 0.357 e. The molecule has 8 aliphatic carbocycles. The third-order valence-electron chi connectivity index (χ3n) is 25.3. The van der Waals surface area contributed by atoms with Crippen LogP contribution in [0.3, 0.4) is 0 Å². The molecule has 13 rings (SSSR count). The highest BCUT2D eigenvalue weighted by atomic mass is 32.2. The van der Waals surface area contributed by atoms with Crippen molar-refractivity contribution in [2.45, 2.75) is 231 Å². The van der Waals surface area contributed by atoms with Crippen LogP contribution in [0.4, 0.5) is 0 Å². The molecule has 0 aromatic heterocycles. The van der Waals surface area contributed by atoms with Crippen molar-refractivity contribution in [3.05, 3.63) is 58.2 Å². The second-order valence-electron chi connectivity index (χ2n) is 30.0. The molecule has 1 aromatic carbocycles. The molecule has 3 N–H and O–H groups in total. The van der Waals surface area contributed by atoms with E-state index in [4.69, 9.17) is 14.3 Å². The van der Waals surface area contributed by atoms with Crippen molar-refractivity contribution < 1.29 is 35.9 Å². The number of nitrogens with one attached hydrogen (secondary N) is 3. The van der Waals surface area contributed by atoms with Gasteiger partial charge >= 0.3 is 5.97 Å². The Morgan fingerprint density at radius 3 is 1.68 bits per heavy atom. The van der Waals surface area contributed by atoms with Crippen molar-refractivity contribution >= 4 is 26.0 Å². The molecule has 2 spiro atoms. The van der Waals surface area contributed by atoms with Gasteiger partial charge in [0.1, 0.15) is 0 Å². The average Bonchev–Trinajstić information content (AvgIpc) is 3.43. The number of ether oxygens (including phenoxy) is 2. The fourth-order valence-corrected chi connectivity index (χ4v) is 23.1. The lowest BCUT2D eigenvalue weighted by molar-refractivity contribution is -0.182. The van der Waals surface area contributed by atoms with E-state index in [9.17, 15) is 21.6 Å². The number of hydrogen-bond acceptors (Lipinski definition) is 10. The fraction of sp³-hybridized carbons (Fsp3) is 0.831. The monoisotopic (exact) mass is 1130 g/mol. The number of allylic oxidation sites excluding steroid dienone is 2. The molecule has 12 aliphatic rings. The Hall–Kier alpha value is -2.17. The van der Waals surface area contributed by atoms with Gasteiger partial charge in [-0.2, -0.15) is 0 Å². The first kappa shape index (κ1) is 57.3. The molecule has 10 fully saturated rings. The van der Waals surface area contributed by atoms with E-state index in [-0.39, 0.29) is 47.3 Å². The predicted molar refractivity (Wildman–Crippen MR) is 311 cm³/mol. The molecule has 440 valence electrons. The van der Waals surface area contributed by atoms with Crippen molar-refractivity contribution in [2.24, 2.45) is 81.8 Å². The Bertz CT molecular complexity index is 2770. The summed E-state index contributed by atoms with van der Waals surface area (Å²) < 4.78 is 67.7. The van der Waals surface area contributed by atoms with Crippen LogP contribution >= 0.6 is 0 Å². The van der Waals surface area contributed by atoms with Crippen molar-refractivity contribution in [1.82, 2.24) is 19.8 Å². The van der Waals surface area contributed by atoms with Crippen LogP contribution in [0.5, 0.6) is 0 Å². The Morgan fingerprint density at radius 1 is 0.646 bits per heavy atom. The fourth-order valence-electron chi connectivity index (χ4n) is 21.5. The van der Waals surface area contributed by atoms with Crippen molar-refractivity contribution in [1.29, 1.82) is 0 Å². The molecule has 79 heavy (non-hydrogen) atoms. The molecule has 4 saturated heterocycles. The highest BCUT2D eigenvalue weighted by Gasteiger charge is 2.63. The van der Waals surface area contributed by atoms with Crippen LogP contribution in [0, 0.1) is 81.8 Å². The molecular formula is C65H100N4O8S2. The van der Waals surface area contributed by atoms with E-state index in [1.165, 1.54) is 83.1 Å². The summed E-state index contributed by atoms with van der Waals surface area (Å²) in [5.41, 5.74) is 7.75. The first-order chi connectivity index (χ1) is 37.4. The van der Waals surface area contributed by atoms with Crippen molar-refractivity contribution in [3.63, 3.8) is 0 Å². The molecule has 4 aliphatic heterocycles. The average molecular weight is 1130 g/mol. The van der Waals surface area contributed by atoms with Gasteiger partial charge in [-0.1, -0.05) is 82.0 Å². The van der Waals surface area contributed by atoms with E-state index >= 15 is 0 Å². The highest BCUT2D eigenvalue weighted by Crippen LogP contribution is 2.67. The number of hydrogen-bond donors (Lipinski definition) is 3. The molecule has 6 saturated carbocycles. The topological polar surface area (TPSA) is 152 Å². The van der Waals surface area contributed by atoms with Crippen LogP contribution in [-0.2, 0) is 34.4 Å². The SMILES string of the molecule is CC1=C2C[C@H]3[C@@H](CC[C@@H]4C[C@H](NS(C)(=O)=O)CC[C@@]43C)[C@@H]2CC[C@@]2(C1)O[C@@H]1C[C@H](C)CN(OC(=O)c3ccccc3)[C@H]1[C@H]2C.CC1=C2C[C@H]3[C@@H](CC[C@@H]4C[C@H](NS(C)(=O)=O)CC[C@@]43C)[C@@H]2CC[C@@]2(C1)O[C@@H]1C[C@H](C)CN[C@H]1[C@H]2C. The summed E-state index contributed by atoms with van der Waals surface area (Å²) in [6.45, 7) is 21.2. The zero-order valence-corrected chi connectivity index (χ0v) is 51.5. The number of hydroxylamine groups is 2. The molecule has 0 radical (unpaired) electrons. The molecule has 22 atom stereocenters. The minimum Gasteiger partial charge on any atom is -0.369 e. The minimum atomic E-state index is -3.17. The second-order valence-corrected chi connectivity index (χ2v) is 33.5. The smallest absolute Gasteiger partial charge is 0.357 e. The standard InChI is InChI=1S/C36H52N2O5S.C29H48N2O3S/c1-22-17-32-33(38(21-22)43-34(39)25-9-7-6-8-10-25)24(3)36(42-32)16-14-28-29-12-11-26-18-27(37-44(5,40)41)13-15-35(26,4)31(29)19-30(28)23(2)20-36;1-17-12-26-27(30-16-17)19(3)29(34-26)11-9-22-23-7-6-20-13-21(31-35(5,32)33)8-10-28(20,4)25(23)14-24(22)18(2)15-29/h6-10,22,24,26-29,31-33,37H,11-21H2,1-5H3;17,19-23,25-27,30-31H,6-16H2,1-5H3/t22-,24+,26+,27+,28-,29-,31-,32+,33-,35-,36-;17-,19+,20+,21+,22-,23-,25-,26+,27-,28-,29-/m00/s1. The molecule has 12 nitrogen and oxygen atoms in total. The first-order valence-corrected chi connectivity index (χ1v) is 35.6. The van der Waals surface area contributed by atoms with Gasteiger partial charge < -0.3 is 19.6 Å². The zero-order valence-electron chi connectivity index (χ0n) is 49.9. The lowest BCUT2D eigenvalue weighted by atomic mass is 9.52. The number of carbonyl (C=O) groups excluding carboxylic acids is 1. The maximum absolute atomic E-state index is 13.1. The lowest BCUT2D eigenvalue weighted by Gasteiger charge is -2.54. The summed E-state index contributed by atoms with van der Waals surface area (Å²) >= 11 is 0. The van der Waals surface area contributed by atoms with Crippen LogP contribution in [0.15, 0.2) is 52.6 Å². The quantitative estimate of drug-likeness (QED) is 0.235. The van der Waals surface area contributed by atoms with Crippen LogP contribution in [-0.4, -0.2) is 101 Å². The van der Waals surface area contributed by atoms with Gasteiger partial charge in [0.15, 0.2) is 0 Å². The van der Waals surface area contributed by atoms with Crippen molar-refractivity contribution in [3.8, 4) is 0 Å². The van der Waals surface area contributed by atoms with E-state index in [0.29, 0.717) is 70.0 Å². The molecule has 14 heteroatoms. The van der Waals surface area contributed by atoms with E-state index in [1.54, 1.807) is 22.3 Å². The van der Waals surface area contributed by atoms with Gasteiger partial charge in [0.2, 0.25) is 20.0 Å². The summed E-state index contributed by atoms with van der Waals surface area (Å²) in [5, 5.41) is 5.83. The number of fused-ring (bicyclic) bond motifs is 12. The minimum absolute atomic E-state index is 0.0276. The van der Waals surface area contributed by atoms with Crippen LogP contribution in [0.2, 0.25) is 0 Å². The summed E-state index contributed by atoms with van der Waals surface area (Å²) in [4.78, 5) is 19.2. The van der Waals surface area contributed by atoms with Crippen LogP contribution in [0.25, 0.3) is 0 Å². The van der Waals surface area contributed by atoms with Crippen molar-refractivity contribution in [2.75, 3.05) is 25.6 Å². The number of benzene rings is 1. The van der Waals surface area contributed by atoms with Gasteiger partial charge in [0.25, 0.3) is 0 Å². The lowest BCUT2D eigenvalue weighted by Crippen LogP contribution is -2.52. The Morgan fingerprint density at radius 2 is 1.15 bits per heavy atom. The maximum atomic E-state index is 13.1. The molecular weight excluding hydrogens is 1030 g/mol. The summed E-state index contributed by atoms with van der Waals surface area (Å²) in [5.74, 6) is 7.30. The normalized spacial score (nSPS) is 47.5. The Kier molecular flexibility index (Phi) is 15.3. The number of rotatable bonds is 6. The summed E-state index contributed by atoms with van der Waals surface area (Å²) in [6, 6.07) is 10.1. The molecule has 1 aromatic rings. The van der Waals surface area contributed by atoms with E-state index in [0.717, 1.165) is 94.5 Å². The number of piperidine rings is 2. The largest absolute Gasteiger partial charge is 0.369 e. The van der Waals surface area contributed by atoms with E-state index < -0.39 is 20.0 Å². The zero-order chi connectivity index (χ0) is 55.8. The predicted octanol–water partition coefficient (Wildman–Crippen LogP) is 11.5. The molecule has 0 amide bonds. The van der Waals surface area contributed by atoms with E-state index in [1.807, 2.05) is 35.4 Å². The third-order valence-corrected chi connectivity index (χ3v) is 26.8. The summed E-state index contributed by atoms with van der Waals surface area (Å²) in [6.07, 6.45) is 25.9. The van der Waals surface area contributed by atoms with E-state index in [2.05, 4.69) is 70.2 Å². The number of carbonyl (C=O) groups is 1. The number of sulfonamides is 2. The highest BCUT2D eigenvalue weighted by molar-refractivity contribution is 7.89. The number of nitrogens with zero attached hydrogens (tertiary/aromatic N) is 1. The Labute approximate surface area is 476 Å².